The Morgan fingerprint density at radius 1 is 0.844 bits per heavy atom. The largest absolute Gasteiger partial charge is 0.471 e. The second kappa shape index (κ2) is 7.01. The van der Waals surface area contributed by atoms with Crippen LogP contribution in [0.2, 0.25) is 0 Å². The van der Waals surface area contributed by atoms with Crippen molar-refractivity contribution in [2.45, 2.75) is 44.2 Å². The highest BCUT2D eigenvalue weighted by atomic mass is 32.2. The summed E-state index contributed by atoms with van der Waals surface area (Å²) in [4.78, 5) is 0. The molecule has 6 rings (SSSR count). The highest BCUT2D eigenvalue weighted by Gasteiger charge is 2.51. The molecule has 0 radical (unpaired) electrons. The van der Waals surface area contributed by atoms with Gasteiger partial charge in [-0.1, -0.05) is 36.4 Å². The number of hydrogen-bond donors (Lipinski definition) is 0. The summed E-state index contributed by atoms with van der Waals surface area (Å²) in [5.41, 5.74) is 6.45. The standard InChI is InChI=1S/C26H26N4OS/c1-16-21-23-20(26(3,4)31-24(21)29(27-16)18-11-7-5-8-12-18)15-32-25-22(23)17(2)28-30(25)19-13-9-6-10-14-19/h5-14,20,23H,15H2,1-4H3/t20-,23+/m1/s1. The fourth-order valence-electron chi connectivity index (χ4n) is 5.22. The molecule has 0 bridgehead atoms. The van der Waals surface area contributed by atoms with Crippen molar-refractivity contribution in [2.24, 2.45) is 5.92 Å². The maximum Gasteiger partial charge on any atom is 0.221 e. The van der Waals surface area contributed by atoms with Crippen LogP contribution in [0.1, 0.15) is 42.3 Å². The average Bonchev–Trinajstić information content (AvgIpc) is 3.31. The summed E-state index contributed by atoms with van der Waals surface area (Å²) in [6, 6.07) is 20.7. The summed E-state index contributed by atoms with van der Waals surface area (Å²) in [5.74, 6) is 2.40. The Morgan fingerprint density at radius 3 is 2.06 bits per heavy atom. The summed E-state index contributed by atoms with van der Waals surface area (Å²) in [6.45, 7) is 8.68. The summed E-state index contributed by atoms with van der Waals surface area (Å²) in [6.07, 6.45) is 0. The van der Waals surface area contributed by atoms with Gasteiger partial charge in [-0.3, -0.25) is 0 Å². The number of ether oxygens (including phenoxy) is 1. The first kappa shape index (κ1) is 19.7. The van der Waals surface area contributed by atoms with E-state index in [2.05, 4.69) is 68.8 Å². The molecule has 2 atom stereocenters. The second-order valence-corrected chi connectivity index (χ2v) is 10.2. The summed E-state index contributed by atoms with van der Waals surface area (Å²) < 4.78 is 10.8. The van der Waals surface area contributed by atoms with E-state index in [4.69, 9.17) is 14.9 Å². The Labute approximate surface area is 192 Å². The van der Waals surface area contributed by atoms with Crippen LogP contribution in [0.4, 0.5) is 0 Å². The Kier molecular flexibility index (Phi) is 4.31. The maximum absolute atomic E-state index is 6.70. The molecule has 0 spiro atoms. The predicted octanol–water partition coefficient (Wildman–Crippen LogP) is 5.70. The third kappa shape index (κ3) is 2.78. The molecule has 162 valence electrons. The van der Waals surface area contributed by atoms with Crippen molar-refractivity contribution in [1.82, 2.24) is 19.6 Å². The molecular weight excluding hydrogens is 416 g/mol. The zero-order valence-electron chi connectivity index (χ0n) is 18.7. The molecule has 4 aromatic rings. The van der Waals surface area contributed by atoms with Crippen LogP contribution in [0.25, 0.3) is 11.4 Å². The molecule has 4 heterocycles. The molecule has 0 N–H and O–H groups in total. The third-order valence-corrected chi connectivity index (χ3v) is 8.00. The molecule has 32 heavy (non-hydrogen) atoms. The molecule has 2 aromatic carbocycles. The number of para-hydroxylation sites is 2. The fourth-order valence-corrected chi connectivity index (χ4v) is 6.85. The highest BCUT2D eigenvalue weighted by molar-refractivity contribution is 7.99. The zero-order valence-corrected chi connectivity index (χ0v) is 19.6. The van der Waals surface area contributed by atoms with Gasteiger partial charge in [0.15, 0.2) is 0 Å². The van der Waals surface area contributed by atoms with E-state index in [1.54, 1.807) is 0 Å². The number of nitrogens with zero attached hydrogens (tertiary/aromatic N) is 4. The molecule has 0 saturated carbocycles. The van der Waals surface area contributed by atoms with Crippen molar-refractivity contribution in [2.75, 3.05) is 5.75 Å². The third-order valence-electron chi connectivity index (χ3n) is 6.80. The molecule has 0 unspecified atom stereocenters. The van der Waals surface area contributed by atoms with Crippen molar-refractivity contribution in [1.29, 1.82) is 0 Å². The van der Waals surface area contributed by atoms with Gasteiger partial charge in [-0.05, 0) is 52.0 Å². The van der Waals surface area contributed by atoms with Gasteiger partial charge in [0.2, 0.25) is 5.88 Å². The molecule has 2 aliphatic heterocycles. The first-order valence-corrected chi connectivity index (χ1v) is 12.1. The summed E-state index contributed by atoms with van der Waals surface area (Å²) in [7, 11) is 0. The fraction of sp³-hybridized carbons (Fsp3) is 0.308. The minimum atomic E-state index is -0.317. The Morgan fingerprint density at radius 2 is 1.41 bits per heavy atom. The van der Waals surface area contributed by atoms with Gasteiger partial charge in [-0.25, -0.2) is 9.36 Å². The average molecular weight is 443 g/mol. The van der Waals surface area contributed by atoms with Crippen LogP contribution < -0.4 is 4.74 Å². The van der Waals surface area contributed by atoms with Gasteiger partial charge < -0.3 is 4.74 Å². The van der Waals surface area contributed by atoms with Crippen molar-refractivity contribution >= 4 is 11.8 Å². The minimum absolute atomic E-state index is 0.208. The van der Waals surface area contributed by atoms with Gasteiger partial charge in [0.25, 0.3) is 0 Å². The molecule has 0 fully saturated rings. The van der Waals surface area contributed by atoms with Gasteiger partial charge in [0, 0.05) is 28.7 Å². The van der Waals surface area contributed by atoms with E-state index in [9.17, 15) is 0 Å². The monoisotopic (exact) mass is 442 g/mol. The van der Waals surface area contributed by atoms with Crippen LogP contribution in [-0.2, 0) is 0 Å². The highest BCUT2D eigenvalue weighted by Crippen LogP contribution is 2.56. The number of thioether (sulfide) groups is 1. The van der Waals surface area contributed by atoms with E-state index in [1.807, 2.05) is 40.7 Å². The van der Waals surface area contributed by atoms with Gasteiger partial charge in [0.1, 0.15) is 10.6 Å². The van der Waals surface area contributed by atoms with E-state index in [0.717, 1.165) is 34.4 Å². The van der Waals surface area contributed by atoms with Crippen LogP contribution in [-0.4, -0.2) is 30.9 Å². The number of hydrogen-bond acceptors (Lipinski definition) is 4. The van der Waals surface area contributed by atoms with Crippen LogP contribution in [0.15, 0.2) is 65.7 Å². The van der Waals surface area contributed by atoms with Gasteiger partial charge in [-0.15, -0.1) is 11.8 Å². The normalized spacial score (nSPS) is 20.8. The van der Waals surface area contributed by atoms with Gasteiger partial charge in [-0.2, -0.15) is 10.2 Å². The lowest BCUT2D eigenvalue weighted by Gasteiger charge is -2.46. The van der Waals surface area contributed by atoms with Gasteiger partial charge in [0.05, 0.1) is 22.8 Å². The lowest BCUT2D eigenvalue weighted by Crippen LogP contribution is -2.47. The van der Waals surface area contributed by atoms with Crippen LogP contribution in [0.5, 0.6) is 5.88 Å². The number of aromatic nitrogens is 4. The maximum atomic E-state index is 6.70. The van der Waals surface area contributed by atoms with Crippen LogP contribution in [0.3, 0.4) is 0 Å². The molecule has 5 nitrogen and oxygen atoms in total. The van der Waals surface area contributed by atoms with Crippen LogP contribution >= 0.6 is 11.8 Å². The minimum Gasteiger partial charge on any atom is -0.471 e. The molecule has 6 heteroatoms. The number of fused-ring (bicyclic) bond motifs is 5. The predicted molar refractivity (Wildman–Crippen MR) is 127 cm³/mol. The SMILES string of the molecule is Cc1nn(-c2ccccc2)c2c1[C@H]1c3c(C)nn(-c4ccccc4)c3SC[C@H]1C(C)(C)O2. The van der Waals surface area contributed by atoms with E-state index in [1.165, 1.54) is 16.2 Å². The van der Waals surface area contributed by atoms with Crippen molar-refractivity contribution < 1.29 is 4.74 Å². The lowest BCUT2D eigenvalue weighted by atomic mass is 9.72. The quantitative estimate of drug-likeness (QED) is 0.399. The molecule has 0 saturated heterocycles. The number of benzene rings is 2. The first-order valence-electron chi connectivity index (χ1n) is 11.1. The summed E-state index contributed by atoms with van der Waals surface area (Å²) in [5, 5.41) is 11.2. The number of rotatable bonds is 2. The Bertz CT molecular complexity index is 1310. The van der Waals surface area contributed by atoms with E-state index in [0.29, 0.717) is 5.92 Å². The van der Waals surface area contributed by atoms with Crippen molar-refractivity contribution in [3.63, 3.8) is 0 Å². The second-order valence-electron chi connectivity index (χ2n) is 9.20. The molecule has 0 aliphatic carbocycles. The first-order chi connectivity index (χ1) is 15.5. The van der Waals surface area contributed by atoms with Crippen molar-refractivity contribution in [3.05, 3.63) is 83.2 Å². The van der Waals surface area contributed by atoms with Gasteiger partial charge >= 0.3 is 0 Å². The smallest absolute Gasteiger partial charge is 0.221 e. The topological polar surface area (TPSA) is 44.9 Å². The molecule has 2 aromatic heterocycles. The Hall–Kier alpha value is -2.99. The molecular formula is C26H26N4OS. The lowest BCUT2D eigenvalue weighted by molar-refractivity contribution is 0.0198. The molecule has 0 amide bonds. The Balaban J connectivity index is 1.58. The van der Waals surface area contributed by atoms with E-state index >= 15 is 0 Å². The molecule has 2 aliphatic rings. The zero-order chi connectivity index (χ0) is 22.0. The van der Waals surface area contributed by atoms with Crippen molar-refractivity contribution in [3.8, 4) is 17.3 Å². The van der Waals surface area contributed by atoms with E-state index in [-0.39, 0.29) is 11.5 Å². The number of aryl methyl sites for hydroxylation is 2. The van der Waals surface area contributed by atoms with E-state index < -0.39 is 0 Å². The van der Waals surface area contributed by atoms with Crippen LogP contribution in [0, 0.1) is 19.8 Å². The summed E-state index contributed by atoms with van der Waals surface area (Å²) >= 11 is 1.90.